The molecule has 0 saturated carbocycles. The largest absolute Gasteiger partial charge is 0.400 e. The molecular weight excluding hydrogens is 276 g/mol. The molecule has 0 aliphatic heterocycles. The molecule has 2 atom stereocenters. The minimum Gasteiger partial charge on any atom is -0.391 e. The quantitative estimate of drug-likeness (QED) is 0.705. The first-order valence-corrected chi connectivity index (χ1v) is 9.52. The highest BCUT2D eigenvalue weighted by Gasteiger charge is 2.51. The van der Waals surface area contributed by atoms with Crippen LogP contribution in [0.5, 0.6) is 0 Å². The molecule has 2 unspecified atom stereocenters. The van der Waals surface area contributed by atoms with Gasteiger partial charge < -0.3 is 8.85 Å². The van der Waals surface area contributed by atoms with Gasteiger partial charge in [0, 0.05) is 14.2 Å². The van der Waals surface area contributed by atoms with Gasteiger partial charge in [-0.2, -0.15) is 0 Å². The maximum absolute atomic E-state index is 6.17. The average Bonchev–Trinajstić information content (AvgIpc) is 2.83. The Kier molecular flexibility index (Phi) is 4.48. The summed E-state index contributed by atoms with van der Waals surface area (Å²) >= 11 is 0. The van der Waals surface area contributed by atoms with Crippen LogP contribution in [-0.4, -0.2) is 22.8 Å². The highest BCUT2D eigenvalue weighted by Crippen LogP contribution is 2.46. The highest BCUT2D eigenvalue weighted by molar-refractivity contribution is 6.82. The van der Waals surface area contributed by atoms with Crippen LogP contribution in [0.2, 0.25) is 0 Å². The van der Waals surface area contributed by atoms with E-state index in [-0.39, 0.29) is 0 Å². The zero-order chi connectivity index (χ0) is 15.9. The lowest BCUT2D eigenvalue weighted by Crippen LogP contribution is -2.48. The van der Waals surface area contributed by atoms with Crippen molar-refractivity contribution in [2.45, 2.75) is 41.5 Å². The maximum Gasteiger partial charge on any atom is 0.400 e. The van der Waals surface area contributed by atoms with Crippen molar-refractivity contribution in [3.8, 4) is 0 Å². The maximum atomic E-state index is 6.17. The van der Waals surface area contributed by atoms with Crippen molar-refractivity contribution >= 4 is 8.56 Å². The Labute approximate surface area is 130 Å². The molecule has 0 radical (unpaired) electrons. The monoisotopic (exact) mass is 304 g/mol. The minimum absolute atomic E-state index is 0.393. The first-order chi connectivity index (χ1) is 9.80. The van der Waals surface area contributed by atoms with Crippen LogP contribution in [0.15, 0.2) is 44.8 Å². The molecule has 0 fully saturated rings. The molecule has 2 aliphatic rings. The Morgan fingerprint density at radius 3 is 1.29 bits per heavy atom. The summed E-state index contributed by atoms with van der Waals surface area (Å²) in [6, 6.07) is 0. The second-order valence-corrected chi connectivity index (χ2v) is 9.51. The van der Waals surface area contributed by atoms with Crippen molar-refractivity contribution in [1.29, 1.82) is 0 Å². The lowest BCUT2D eigenvalue weighted by molar-refractivity contribution is 0.256. The lowest BCUT2D eigenvalue weighted by atomic mass is 10.2. The zero-order valence-corrected chi connectivity index (χ0v) is 15.6. The van der Waals surface area contributed by atoms with Gasteiger partial charge in [-0.15, -0.1) is 0 Å². The molecule has 0 heterocycles. The SMILES string of the molecule is CO[Si](OC)(C1=C(C)C(C)=CC1C)C1=C(C)C(C)=CC1C. The molecule has 0 N–H and O–H groups in total. The fourth-order valence-electron chi connectivity index (χ4n) is 4.04. The summed E-state index contributed by atoms with van der Waals surface area (Å²) in [5.74, 6) is 0.787. The molecule has 2 rings (SSSR count). The van der Waals surface area contributed by atoms with Crippen LogP contribution in [-0.2, 0) is 8.85 Å². The van der Waals surface area contributed by atoms with Crippen molar-refractivity contribution in [2.75, 3.05) is 14.2 Å². The van der Waals surface area contributed by atoms with Crippen LogP contribution in [0.25, 0.3) is 0 Å². The smallest absolute Gasteiger partial charge is 0.391 e. The van der Waals surface area contributed by atoms with Crippen LogP contribution in [0.4, 0.5) is 0 Å². The molecule has 0 bridgehead atoms. The molecule has 0 aromatic heterocycles. The Balaban J connectivity index is 2.65. The molecule has 3 heteroatoms. The predicted octanol–water partition coefficient (Wildman–Crippen LogP) is 4.62. The van der Waals surface area contributed by atoms with E-state index in [2.05, 4.69) is 53.7 Å². The highest BCUT2D eigenvalue weighted by atomic mass is 28.4. The summed E-state index contributed by atoms with van der Waals surface area (Å²) in [6.45, 7) is 13.3. The topological polar surface area (TPSA) is 18.5 Å². The summed E-state index contributed by atoms with van der Waals surface area (Å²) in [6.07, 6.45) is 4.67. The molecule has 2 aliphatic carbocycles. The van der Waals surface area contributed by atoms with E-state index in [9.17, 15) is 0 Å². The van der Waals surface area contributed by atoms with Crippen molar-refractivity contribution < 1.29 is 8.85 Å². The fraction of sp³-hybridized carbons (Fsp3) is 0.556. The van der Waals surface area contributed by atoms with E-state index in [0.29, 0.717) is 11.8 Å². The van der Waals surface area contributed by atoms with E-state index in [1.54, 1.807) is 0 Å². The van der Waals surface area contributed by atoms with Crippen molar-refractivity contribution in [1.82, 2.24) is 0 Å². The molecule has 0 aromatic carbocycles. The van der Waals surface area contributed by atoms with E-state index in [1.165, 1.54) is 32.7 Å². The summed E-state index contributed by atoms with van der Waals surface area (Å²) in [5.41, 5.74) is 5.43. The Bertz CT molecular complexity index is 526. The second-order valence-electron chi connectivity index (χ2n) is 6.38. The normalized spacial score (nSPS) is 26.7. The van der Waals surface area contributed by atoms with Gasteiger partial charge in [0.05, 0.1) is 0 Å². The van der Waals surface area contributed by atoms with Gasteiger partial charge in [0.1, 0.15) is 0 Å². The molecule has 0 spiro atoms. The molecule has 2 nitrogen and oxygen atoms in total. The van der Waals surface area contributed by atoms with Crippen LogP contribution in [0, 0.1) is 11.8 Å². The van der Waals surface area contributed by atoms with Crippen LogP contribution >= 0.6 is 0 Å². The van der Waals surface area contributed by atoms with Crippen molar-refractivity contribution in [2.24, 2.45) is 11.8 Å². The second kappa shape index (κ2) is 5.71. The van der Waals surface area contributed by atoms with Gasteiger partial charge in [0.15, 0.2) is 0 Å². The van der Waals surface area contributed by atoms with Gasteiger partial charge in [-0.05, 0) is 61.1 Å². The van der Waals surface area contributed by atoms with Crippen LogP contribution < -0.4 is 0 Å². The van der Waals surface area contributed by atoms with E-state index in [4.69, 9.17) is 8.85 Å². The van der Waals surface area contributed by atoms with E-state index < -0.39 is 8.56 Å². The standard InChI is InChI=1S/C18H28O2Si/c1-11-9-13(3)17(15(11)5)21(19-7,20-8)18-14(4)10-12(2)16(18)6/h9-10,13-14H,1-8H3. The summed E-state index contributed by atoms with van der Waals surface area (Å²) < 4.78 is 12.3. The number of hydrogen-bond donors (Lipinski definition) is 0. The Morgan fingerprint density at radius 2 is 1.10 bits per heavy atom. The number of rotatable bonds is 4. The molecule has 116 valence electrons. The van der Waals surface area contributed by atoms with E-state index >= 15 is 0 Å². The lowest BCUT2D eigenvalue weighted by Gasteiger charge is -2.35. The third-order valence-corrected chi connectivity index (χ3v) is 9.41. The zero-order valence-electron chi connectivity index (χ0n) is 14.6. The number of allylic oxidation sites excluding steroid dienone is 8. The molecule has 0 saturated heterocycles. The summed E-state index contributed by atoms with van der Waals surface area (Å²) in [4.78, 5) is 0. The number of hydrogen-bond acceptors (Lipinski definition) is 2. The van der Waals surface area contributed by atoms with Gasteiger partial charge in [-0.25, -0.2) is 0 Å². The average molecular weight is 305 g/mol. The molecular formula is C18H28O2Si. The van der Waals surface area contributed by atoms with Crippen molar-refractivity contribution in [3.63, 3.8) is 0 Å². The summed E-state index contributed by atoms with van der Waals surface area (Å²) in [5, 5.41) is 2.77. The third-order valence-electron chi connectivity index (χ3n) is 5.19. The van der Waals surface area contributed by atoms with Crippen molar-refractivity contribution in [3.05, 3.63) is 44.8 Å². The van der Waals surface area contributed by atoms with E-state index in [1.807, 2.05) is 14.2 Å². The molecule has 0 aromatic rings. The third kappa shape index (κ3) is 2.32. The first kappa shape index (κ1) is 16.5. The van der Waals surface area contributed by atoms with Gasteiger partial charge in [0.25, 0.3) is 0 Å². The van der Waals surface area contributed by atoms with Gasteiger partial charge >= 0.3 is 8.56 Å². The predicted molar refractivity (Wildman–Crippen MR) is 91.0 cm³/mol. The van der Waals surface area contributed by atoms with Gasteiger partial charge in [-0.1, -0.05) is 37.1 Å². The van der Waals surface area contributed by atoms with Crippen LogP contribution in [0.3, 0.4) is 0 Å². The molecule has 0 amide bonds. The fourth-order valence-corrected chi connectivity index (χ4v) is 8.12. The first-order valence-electron chi connectivity index (χ1n) is 7.70. The van der Waals surface area contributed by atoms with Crippen LogP contribution in [0.1, 0.15) is 41.5 Å². The van der Waals surface area contributed by atoms with E-state index in [0.717, 1.165) is 0 Å². The molecule has 21 heavy (non-hydrogen) atoms. The Hall–Kier alpha value is -0.903. The summed E-state index contributed by atoms with van der Waals surface area (Å²) in [7, 11) is 1.07. The Morgan fingerprint density at radius 1 is 0.762 bits per heavy atom. The minimum atomic E-state index is -2.56. The van der Waals surface area contributed by atoms with Gasteiger partial charge in [-0.3, -0.25) is 0 Å². The van der Waals surface area contributed by atoms with Gasteiger partial charge in [0.2, 0.25) is 0 Å².